The smallest absolute Gasteiger partial charge is 0.215 e. The highest BCUT2D eigenvalue weighted by molar-refractivity contribution is 6.80. The van der Waals surface area contributed by atoms with Crippen molar-refractivity contribution in [1.82, 2.24) is 0 Å². The third-order valence-electron chi connectivity index (χ3n) is 1.82. The number of hydrogen-bond acceptors (Lipinski definition) is 2. The third kappa shape index (κ3) is 2.34. The number of nitrogen functional groups attached to an aromatic ring is 2. The van der Waals surface area contributed by atoms with Gasteiger partial charge in [0.1, 0.15) is 0 Å². The van der Waals surface area contributed by atoms with Crippen molar-refractivity contribution < 1.29 is 0 Å². The zero-order chi connectivity index (χ0) is 9.72. The molecular weight excluding hydrogens is 170 g/mol. The second-order valence-corrected chi connectivity index (χ2v) is 2.51. The Hall–Kier alpha value is -0.825. The molecule has 12 heavy (non-hydrogen) atoms. The zero-order valence-electron chi connectivity index (χ0n) is 7.69. The van der Waals surface area contributed by atoms with E-state index in [2.05, 4.69) is 11.5 Å². The molecule has 0 spiro atoms. The van der Waals surface area contributed by atoms with Crippen LogP contribution in [0.1, 0.15) is 11.1 Å². The first-order valence-electron chi connectivity index (χ1n) is 3.62. The van der Waals surface area contributed by atoms with Crippen molar-refractivity contribution in [3.63, 3.8) is 0 Å². The van der Waals surface area contributed by atoms with E-state index in [9.17, 15) is 0 Å². The maximum atomic E-state index is 5.66. The molecule has 0 radical (unpaired) electrons. The Kier molecular flexibility index (Phi) is 4.60. The van der Waals surface area contributed by atoms with Gasteiger partial charge >= 0.3 is 0 Å². The number of rotatable bonds is 0. The Bertz CT molecular complexity index is 236. The number of hydrogen-bond donors (Lipinski definition) is 2. The van der Waals surface area contributed by atoms with E-state index in [4.69, 9.17) is 11.5 Å². The van der Waals surface area contributed by atoms with Crippen molar-refractivity contribution >= 4 is 30.1 Å². The lowest BCUT2D eigenvalue weighted by Crippen LogP contribution is -1.98. The highest BCUT2D eigenvalue weighted by atomic mass is 35.5. The van der Waals surface area contributed by atoms with E-state index in [1.165, 1.54) is 12.8 Å². The van der Waals surface area contributed by atoms with E-state index in [1.807, 2.05) is 26.0 Å². The van der Waals surface area contributed by atoms with Crippen LogP contribution in [-0.4, -0.2) is 7.26 Å². The average Bonchev–Trinajstić information content (AvgIpc) is 2.12. The molecule has 1 rings (SSSR count). The second kappa shape index (κ2) is 4.93. The van der Waals surface area contributed by atoms with E-state index >= 15 is 0 Å². The zero-order valence-corrected chi connectivity index (χ0v) is 8.44. The van der Waals surface area contributed by atoms with Gasteiger partial charge in [-0.15, -0.1) is 0 Å². The van der Waals surface area contributed by atoms with Gasteiger partial charge in [0.25, 0.3) is 0 Å². The van der Waals surface area contributed by atoms with E-state index < -0.39 is 0 Å². The minimum absolute atomic E-state index is 0.670. The number of benzene rings is 1. The van der Waals surface area contributed by atoms with Crippen LogP contribution in [0, 0.1) is 13.8 Å². The molecule has 0 aliphatic heterocycles. The molecule has 0 aromatic heterocycles. The maximum Gasteiger partial charge on any atom is 0.215 e. The Morgan fingerprint density at radius 2 is 1.67 bits per heavy atom. The summed E-state index contributed by atoms with van der Waals surface area (Å²) in [6.07, 6.45) is 0. The molecule has 0 bridgehead atoms. The van der Waals surface area contributed by atoms with E-state index in [-0.39, 0.29) is 0 Å². The molecule has 0 amide bonds. The van der Waals surface area contributed by atoms with Crippen molar-refractivity contribution in [3.05, 3.63) is 23.3 Å². The fourth-order valence-corrected chi connectivity index (χ4v) is 0.858. The Balaban J connectivity index is 0.000000561. The lowest BCUT2D eigenvalue weighted by atomic mass is 10.1. The fraction of sp³-hybridized carbons (Fsp3) is 0.250. The standard InChI is InChI=1S/C8H12N2.BClH2/c1-5-3-4-7(9)8(10)6(5)2;1-2/h3-4H,9-10H2,1-2H3;1H2. The summed E-state index contributed by atoms with van der Waals surface area (Å²) in [5.41, 5.74) is 14.9. The quantitative estimate of drug-likeness (QED) is 0.471. The Labute approximate surface area is 79.2 Å². The van der Waals surface area contributed by atoms with Gasteiger partial charge in [0.15, 0.2) is 0 Å². The highest BCUT2D eigenvalue weighted by Gasteiger charge is 1.99. The molecule has 66 valence electrons. The van der Waals surface area contributed by atoms with Crippen LogP contribution in [0.5, 0.6) is 0 Å². The van der Waals surface area contributed by atoms with Crippen LogP contribution >= 0.6 is 11.5 Å². The van der Waals surface area contributed by atoms with Crippen LogP contribution in [0.3, 0.4) is 0 Å². The molecule has 0 unspecified atom stereocenters. The van der Waals surface area contributed by atoms with E-state index in [0.29, 0.717) is 11.4 Å². The predicted molar refractivity (Wildman–Crippen MR) is 59.1 cm³/mol. The van der Waals surface area contributed by atoms with Crippen molar-refractivity contribution in [2.24, 2.45) is 0 Å². The minimum Gasteiger partial charge on any atom is -0.397 e. The third-order valence-corrected chi connectivity index (χ3v) is 1.82. The van der Waals surface area contributed by atoms with Crippen LogP contribution in [-0.2, 0) is 0 Å². The van der Waals surface area contributed by atoms with Crippen LogP contribution in [0.25, 0.3) is 0 Å². The summed E-state index contributed by atoms with van der Waals surface area (Å²) >= 11 is 4.64. The van der Waals surface area contributed by atoms with Gasteiger partial charge in [-0.2, -0.15) is 0 Å². The van der Waals surface area contributed by atoms with Gasteiger partial charge in [-0.25, -0.2) is 11.5 Å². The van der Waals surface area contributed by atoms with Gasteiger partial charge in [-0.1, -0.05) is 6.07 Å². The Morgan fingerprint density at radius 1 is 1.17 bits per heavy atom. The molecule has 4 heteroatoms. The monoisotopic (exact) mass is 184 g/mol. The van der Waals surface area contributed by atoms with Gasteiger partial charge in [0.2, 0.25) is 7.26 Å². The molecular formula is C8H14BClN2. The topological polar surface area (TPSA) is 52.0 Å². The van der Waals surface area contributed by atoms with Crippen molar-refractivity contribution in [2.45, 2.75) is 13.8 Å². The molecule has 4 N–H and O–H groups in total. The first kappa shape index (κ1) is 11.2. The second-order valence-electron chi connectivity index (χ2n) is 2.51. The fourth-order valence-electron chi connectivity index (χ4n) is 0.858. The van der Waals surface area contributed by atoms with E-state index in [1.54, 1.807) is 0 Å². The first-order chi connectivity index (χ1) is 5.63. The Morgan fingerprint density at radius 3 is 2.08 bits per heavy atom. The van der Waals surface area contributed by atoms with Gasteiger partial charge < -0.3 is 11.5 Å². The largest absolute Gasteiger partial charge is 0.397 e. The van der Waals surface area contributed by atoms with Crippen LogP contribution in [0.15, 0.2) is 12.1 Å². The lowest BCUT2D eigenvalue weighted by molar-refractivity contribution is 1.35. The van der Waals surface area contributed by atoms with Gasteiger partial charge in [0.05, 0.1) is 11.4 Å². The normalized spacial score (nSPS) is 8.58. The summed E-state index contributed by atoms with van der Waals surface area (Å²) in [7, 11) is 1.47. The van der Waals surface area contributed by atoms with Gasteiger partial charge in [-0.05, 0) is 31.0 Å². The highest BCUT2D eigenvalue weighted by Crippen LogP contribution is 2.21. The van der Waals surface area contributed by atoms with Gasteiger partial charge in [0, 0.05) is 0 Å². The van der Waals surface area contributed by atoms with Crippen LogP contribution in [0.4, 0.5) is 11.4 Å². The summed E-state index contributed by atoms with van der Waals surface area (Å²) in [5.74, 6) is 0. The number of anilines is 2. The molecule has 0 heterocycles. The summed E-state index contributed by atoms with van der Waals surface area (Å²) < 4.78 is 0. The molecule has 0 aliphatic rings. The summed E-state index contributed by atoms with van der Waals surface area (Å²) in [5, 5.41) is 0. The average molecular weight is 184 g/mol. The molecule has 0 fully saturated rings. The molecule has 0 atom stereocenters. The lowest BCUT2D eigenvalue weighted by Gasteiger charge is -2.05. The molecule has 1 aromatic carbocycles. The summed E-state index contributed by atoms with van der Waals surface area (Å²) in [6, 6.07) is 3.80. The van der Waals surface area contributed by atoms with Gasteiger partial charge in [-0.3, -0.25) is 0 Å². The predicted octanol–water partition coefficient (Wildman–Crippen LogP) is 1.24. The van der Waals surface area contributed by atoms with Crippen LogP contribution < -0.4 is 11.5 Å². The molecule has 1 aromatic rings. The molecule has 0 saturated heterocycles. The molecule has 2 nitrogen and oxygen atoms in total. The molecule has 0 saturated carbocycles. The first-order valence-corrected chi connectivity index (χ1v) is 4.37. The van der Waals surface area contributed by atoms with Crippen molar-refractivity contribution in [2.75, 3.05) is 11.5 Å². The minimum atomic E-state index is 0.670. The molecule has 0 aliphatic carbocycles. The number of aryl methyl sites for hydroxylation is 1. The van der Waals surface area contributed by atoms with Crippen LogP contribution in [0.2, 0.25) is 0 Å². The summed E-state index contributed by atoms with van der Waals surface area (Å²) in [4.78, 5) is 0. The van der Waals surface area contributed by atoms with E-state index in [0.717, 1.165) is 5.56 Å². The number of halogens is 1. The SMILES string of the molecule is BCl.Cc1ccc(N)c(N)c1C. The maximum absolute atomic E-state index is 5.66. The summed E-state index contributed by atoms with van der Waals surface area (Å²) in [6.45, 7) is 3.99. The van der Waals surface area contributed by atoms with Crippen molar-refractivity contribution in [1.29, 1.82) is 0 Å². The number of nitrogens with two attached hydrogens (primary N) is 2. The van der Waals surface area contributed by atoms with Crippen molar-refractivity contribution in [3.8, 4) is 0 Å².